The molecule has 2 N–H and O–H groups in total. The first-order valence-corrected chi connectivity index (χ1v) is 5.15. The van der Waals surface area contributed by atoms with Crippen molar-refractivity contribution in [1.29, 1.82) is 0 Å². The Kier molecular flexibility index (Phi) is 2.93. The van der Waals surface area contributed by atoms with E-state index in [1.165, 1.54) is 32.4 Å². The normalized spacial score (nSPS) is 18.3. The van der Waals surface area contributed by atoms with Crippen LogP contribution in [0.25, 0.3) is 0 Å². The Morgan fingerprint density at radius 3 is 2.57 bits per heavy atom. The zero-order valence-corrected chi connectivity index (χ0v) is 8.32. The highest BCUT2D eigenvalue weighted by Gasteiger charge is 2.10. The minimum atomic E-state index is 0.493. The van der Waals surface area contributed by atoms with Crippen molar-refractivity contribution < 1.29 is 0 Å². The summed E-state index contributed by atoms with van der Waals surface area (Å²) in [5, 5.41) is 7.90. The first-order valence-electron chi connectivity index (χ1n) is 5.15. The molecule has 0 bridgehead atoms. The molecule has 0 unspecified atom stereocenters. The Labute approximate surface area is 84.1 Å². The summed E-state index contributed by atoms with van der Waals surface area (Å²) in [6, 6.07) is 3.77. The van der Waals surface area contributed by atoms with Crippen molar-refractivity contribution in [1.82, 2.24) is 15.1 Å². The van der Waals surface area contributed by atoms with Crippen molar-refractivity contribution in [3.05, 3.63) is 17.8 Å². The number of piperidine rings is 1. The van der Waals surface area contributed by atoms with Crippen LogP contribution < -0.4 is 5.73 Å². The second kappa shape index (κ2) is 4.37. The van der Waals surface area contributed by atoms with E-state index in [9.17, 15) is 0 Å². The quantitative estimate of drug-likeness (QED) is 0.760. The number of hydrogen-bond donors (Lipinski definition) is 1. The largest absolute Gasteiger partial charge is 0.382 e. The van der Waals surface area contributed by atoms with E-state index in [0.717, 1.165) is 12.2 Å². The number of anilines is 1. The van der Waals surface area contributed by atoms with E-state index in [1.54, 1.807) is 0 Å². The van der Waals surface area contributed by atoms with Crippen molar-refractivity contribution in [2.45, 2.75) is 25.8 Å². The van der Waals surface area contributed by atoms with E-state index in [2.05, 4.69) is 15.1 Å². The highest BCUT2D eigenvalue weighted by molar-refractivity contribution is 5.25. The van der Waals surface area contributed by atoms with E-state index in [0.29, 0.717) is 5.82 Å². The number of rotatable bonds is 2. The van der Waals surface area contributed by atoms with Crippen LogP contribution in [0.1, 0.15) is 25.0 Å². The summed E-state index contributed by atoms with van der Waals surface area (Å²) in [5.74, 6) is 0.493. The standard InChI is InChI=1S/C10H16N4/c11-10-5-4-9(12-13-10)8-14-6-2-1-3-7-14/h4-5H,1-3,6-8H2,(H2,11,13). The summed E-state index contributed by atoms with van der Waals surface area (Å²) in [7, 11) is 0. The monoisotopic (exact) mass is 192 g/mol. The molecule has 1 aliphatic heterocycles. The number of nitrogen functional groups attached to an aromatic ring is 1. The zero-order chi connectivity index (χ0) is 9.80. The summed E-state index contributed by atoms with van der Waals surface area (Å²) in [4.78, 5) is 2.42. The van der Waals surface area contributed by atoms with Crippen LogP contribution in [0.5, 0.6) is 0 Å². The Bertz CT molecular complexity index is 277. The molecular formula is C10H16N4. The number of nitrogens with two attached hydrogens (primary N) is 1. The molecule has 1 fully saturated rings. The lowest BCUT2D eigenvalue weighted by Gasteiger charge is -2.25. The SMILES string of the molecule is Nc1ccc(CN2CCCCC2)nn1. The second-order valence-electron chi connectivity index (χ2n) is 3.79. The minimum absolute atomic E-state index is 0.493. The highest BCUT2D eigenvalue weighted by atomic mass is 15.2. The molecule has 14 heavy (non-hydrogen) atoms. The number of aromatic nitrogens is 2. The lowest BCUT2D eigenvalue weighted by atomic mass is 10.1. The van der Waals surface area contributed by atoms with Crippen molar-refractivity contribution in [2.75, 3.05) is 18.8 Å². The van der Waals surface area contributed by atoms with Gasteiger partial charge in [-0.05, 0) is 38.1 Å². The van der Waals surface area contributed by atoms with Crippen molar-refractivity contribution >= 4 is 5.82 Å². The van der Waals surface area contributed by atoms with Gasteiger partial charge in [0.05, 0.1) is 5.69 Å². The fraction of sp³-hybridized carbons (Fsp3) is 0.600. The van der Waals surface area contributed by atoms with Gasteiger partial charge in [-0.25, -0.2) is 0 Å². The topological polar surface area (TPSA) is 55.0 Å². The lowest BCUT2D eigenvalue weighted by molar-refractivity contribution is 0.218. The Morgan fingerprint density at radius 2 is 1.93 bits per heavy atom. The Morgan fingerprint density at radius 1 is 1.14 bits per heavy atom. The molecule has 0 aliphatic carbocycles. The summed E-state index contributed by atoms with van der Waals surface area (Å²) in [6.07, 6.45) is 3.98. The number of hydrogen-bond acceptors (Lipinski definition) is 4. The van der Waals surface area contributed by atoms with Crippen LogP contribution >= 0.6 is 0 Å². The zero-order valence-electron chi connectivity index (χ0n) is 8.32. The predicted octanol–water partition coefficient (Wildman–Crippen LogP) is 1.04. The van der Waals surface area contributed by atoms with Crippen LogP contribution in [0, 0.1) is 0 Å². The lowest BCUT2D eigenvalue weighted by Crippen LogP contribution is -2.29. The molecule has 0 aromatic carbocycles. The third-order valence-electron chi connectivity index (χ3n) is 2.57. The first kappa shape index (κ1) is 9.40. The number of nitrogens with zero attached hydrogens (tertiary/aromatic N) is 3. The molecule has 0 spiro atoms. The van der Waals surface area contributed by atoms with Gasteiger partial charge in [0.25, 0.3) is 0 Å². The van der Waals surface area contributed by atoms with Crippen molar-refractivity contribution in [2.24, 2.45) is 0 Å². The maximum atomic E-state index is 5.47. The second-order valence-corrected chi connectivity index (χ2v) is 3.79. The van der Waals surface area contributed by atoms with Crippen molar-refractivity contribution in [3.8, 4) is 0 Å². The van der Waals surface area contributed by atoms with E-state index in [1.807, 2.05) is 12.1 Å². The van der Waals surface area contributed by atoms with Crippen LogP contribution in [-0.4, -0.2) is 28.2 Å². The maximum absolute atomic E-state index is 5.47. The molecule has 1 aromatic rings. The average Bonchev–Trinajstić information content (AvgIpc) is 2.23. The molecule has 2 heterocycles. The van der Waals surface area contributed by atoms with E-state index in [4.69, 9.17) is 5.73 Å². The summed E-state index contributed by atoms with van der Waals surface area (Å²) < 4.78 is 0. The molecule has 0 amide bonds. The fourth-order valence-corrected chi connectivity index (χ4v) is 1.80. The van der Waals surface area contributed by atoms with Gasteiger partial charge in [-0.1, -0.05) is 6.42 Å². The molecular weight excluding hydrogens is 176 g/mol. The summed E-state index contributed by atoms with van der Waals surface area (Å²) in [6.45, 7) is 3.28. The van der Waals surface area contributed by atoms with Gasteiger partial charge in [0.2, 0.25) is 0 Å². The van der Waals surface area contributed by atoms with E-state index >= 15 is 0 Å². The average molecular weight is 192 g/mol. The molecule has 1 aliphatic rings. The first-order chi connectivity index (χ1) is 6.84. The van der Waals surface area contributed by atoms with Gasteiger partial charge in [-0.15, -0.1) is 5.10 Å². The molecule has 76 valence electrons. The van der Waals surface area contributed by atoms with Gasteiger partial charge >= 0.3 is 0 Å². The third-order valence-corrected chi connectivity index (χ3v) is 2.57. The van der Waals surface area contributed by atoms with Gasteiger partial charge in [-0.3, -0.25) is 4.90 Å². The van der Waals surface area contributed by atoms with Gasteiger partial charge < -0.3 is 5.73 Å². The molecule has 4 nitrogen and oxygen atoms in total. The van der Waals surface area contributed by atoms with Crippen LogP contribution in [0.3, 0.4) is 0 Å². The van der Waals surface area contributed by atoms with Crippen LogP contribution in [0.4, 0.5) is 5.82 Å². The Hall–Kier alpha value is -1.16. The smallest absolute Gasteiger partial charge is 0.146 e. The Balaban J connectivity index is 1.92. The molecule has 1 saturated heterocycles. The predicted molar refractivity (Wildman–Crippen MR) is 55.6 cm³/mol. The molecule has 0 saturated carbocycles. The molecule has 0 atom stereocenters. The van der Waals surface area contributed by atoms with E-state index < -0.39 is 0 Å². The van der Waals surface area contributed by atoms with Crippen LogP contribution in [0.15, 0.2) is 12.1 Å². The minimum Gasteiger partial charge on any atom is -0.382 e. The highest BCUT2D eigenvalue weighted by Crippen LogP contribution is 2.11. The molecule has 2 rings (SSSR count). The number of likely N-dealkylation sites (tertiary alicyclic amines) is 1. The molecule has 1 aromatic heterocycles. The van der Waals surface area contributed by atoms with Gasteiger partial charge in [0, 0.05) is 6.54 Å². The summed E-state index contributed by atoms with van der Waals surface area (Å²) >= 11 is 0. The van der Waals surface area contributed by atoms with Gasteiger partial charge in [-0.2, -0.15) is 5.10 Å². The van der Waals surface area contributed by atoms with Crippen LogP contribution in [-0.2, 0) is 6.54 Å². The van der Waals surface area contributed by atoms with Crippen molar-refractivity contribution in [3.63, 3.8) is 0 Å². The van der Waals surface area contributed by atoms with Gasteiger partial charge in [0.1, 0.15) is 5.82 Å². The summed E-state index contributed by atoms with van der Waals surface area (Å²) in [5.41, 5.74) is 6.49. The van der Waals surface area contributed by atoms with Crippen LogP contribution in [0.2, 0.25) is 0 Å². The molecule has 4 heteroatoms. The fourth-order valence-electron chi connectivity index (χ4n) is 1.80. The third kappa shape index (κ3) is 2.42. The maximum Gasteiger partial charge on any atom is 0.146 e. The van der Waals surface area contributed by atoms with Gasteiger partial charge in [0.15, 0.2) is 0 Å². The molecule has 0 radical (unpaired) electrons. The van der Waals surface area contributed by atoms with E-state index in [-0.39, 0.29) is 0 Å².